The number of hydrogen-bond donors (Lipinski definition) is 2. The number of hydrogen-bond acceptors (Lipinski definition) is 5. The first-order chi connectivity index (χ1) is 15.0. The Morgan fingerprint density at radius 3 is 2.68 bits per heavy atom. The first kappa shape index (κ1) is 21.7. The van der Waals surface area contributed by atoms with Crippen molar-refractivity contribution < 1.29 is 19.4 Å². The number of nitrogens with zero attached hydrogens (tertiary/aromatic N) is 1. The summed E-state index contributed by atoms with van der Waals surface area (Å²) < 4.78 is 11.2. The highest BCUT2D eigenvalue weighted by Crippen LogP contribution is 2.51. The molecule has 166 valence electrons. The van der Waals surface area contributed by atoms with Gasteiger partial charge in [0.1, 0.15) is 11.5 Å². The van der Waals surface area contributed by atoms with Crippen LogP contribution in [0.15, 0.2) is 48.5 Å². The van der Waals surface area contributed by atoms with Gasteiger partial charge in [-0.3, -0.25) is 9.69 Å². The number of aliphatic hydroxyl groups is 1. The molecule has 2 aromatic carbocycles. The van der Waals surface area contributed by atoms with Crippen molar-refractivity contribution in [3.05, 3.63) is 54.1 Å². The van der Waals surface area contributed by atoms with Gasteiger partial charge in [-0.15, -0.1) is 0 Å². The molecule has 4 rings (SSSR count). The lowest BCUT2D eigenvalue weighted by Gasteiger charge is -2.52. The van der Waals surface area contributed by atoms with E-state index in [0.717, 1.165) is 48.4 Å². The molecule has 2 aromatic rings. The van der Waals surface area contributed by atoms with E-state index in [1.54, 1.807) is 14.2 Å². The largest absolute Gasteiger partial charge is 0.497 e. The van der Waals surface area contributed by atoms with Gasteiger partial charge in [-0.25, -0.2) is 0 Å². The second-order valence-electron chi connectivity index (χ2n) is 8.64. The molecule has 6 nitrogen and oxygen atoms in total. The summed E-state index contributed by atoms with van der Waals surface area (Å²) in [7, 11) is 3.31. The number of carbonyl (C=O) groups excluding carboxylic acids is 1. The highest BCUT2D eigenvalue weighted by molar-refractivity contribution is 5.92. The Labute approximate surface area is 184 Å². The number of amides is 1. The highest BCUT2D eigenvalue weighted by atomic mass is 16.5. The van der Waals surface area contributed by atoms with Gasteiger partial charge in [0.2, 0.25) is 5.91 Å². The number of ether oxygens (including phenoxy) is 2. The Morgan fingerprint density at radius 1 is 1.13 bits per heavy atom. The van der Waals surface area contributed by atoms with Crippen molar-refractivity contribution >= 4 is 11.6 Å². The van der Waals surface area contributed by atoms with Crippen molar-refractivity contribution in [2.24, 2.45) is 5.92 Å². The monoisotopic (exact) mass is 424 g/mol. The standard InChI is InChI=1S/C25H32N2O4/c1-30-19-11-12-22(31-2)20(16-19)24-21-10-6-7-13-25(21,29)14-15-27(24)17-23(28)26-18-8-4-3-5-9-18/h3-5,8-9,11-12,16,21,24,29H,6-7,10,13-15,17H2,1-2H3,(H,26,28)/t21-,24-,25-/m1/s1. The number of benzene rings is 2. The highest BCUT2D eigenvalue weighted by Gasteiger charge is 2.49. The first-order valence-electron chi connectivity index (χ1n) is 11.1. The zero-order valence-electron chi connectivity index (χ0n) is 18.3. The summed E-state index contributed by atoms with van der Waals surface area (Å²) in [4.78, 5) is 15.1. The maximum absolute atomic E-state index is 12.9. The second kappa shape index (κ2) is 9.28. The van der Waals surface area contributed by atoms with Gasteiger partial charge in [-0.05, 0) is 49.6 Å². The molecule has 2 aliphatic rings. The summed E-state index contributed by atoms with van der Waals surface area (Å²) in [5, 5.41) is 14.5. The van der Waals surface area contributed by atoms with Gasteiger partial charge in [0.05, 0.1) is 26.4 Å². The van der Waals surface area contributed by atoms with Crippen LogP contribution in [-0.2, 0) is 4.79 Å². The smallest absolute Gasteiger partial charge is 0.238 e. The van der Waals surface area contributed by atoms with Crippen LogP contribution in [0.5, 0.6) is 11.5 Å². The Balaban J connectivity index is 1.66. The third-order valence-corrected chi connectivity index (χ3v) is 6.83. The van der Waals surface area contributed by atoms with Crippen LogP contribution in [0, 0.1) is 5.92 Å². The lowest BCUT2D eigenvalue weighted by Crippen LogP contribution is -2.56. The number of para-hydroxylation sites is 1. The Kier molecular flexibility index (Phi) is 6.49. The molecule has 1 saturated carbocycles. The van der Waals surface area contributed by atoms with Gasteiger partial charge in [0.25, 0.3) is 0 Å². The third kappa shape index (κ3) is 4.55. The molecular formula is C25H32N2O4. The van der Waals surface area contributed by atoms with E-state index < -0.39 is 5.60 Å². The molecular weight excluding hydrogens is 392 g/mol. The van der Waals surface area contributed by atoms with E-state index in [9.17, 15) is 9.90 Å². The molecule has 0 aromatic heterocycles. The summed E-state index contributed by atoms with van der Waals surface area (Å²) in [6.45, 7) is 0.909. The Hall–Kier alpha value is -2.57. The number of fused-ring (bicyclic) bond motifs is 1. The fourth-order valence-electron chi connectivity index (χ4n) is 5.31. The number of rotatable bonds is 6. The molecule has 0 bridgehead atoms. The molecule has 1 aliphatic carbocycles. The quantitative estimate of drug-likeness (QED) is 0.733. The molecule has 1 heterocycles. The van der Waals surface area contributed by atoms with Crippen molar-refractivity contribution in [2.75, 3.05) is 32.6 Å². The van der Waals surface area contributed by atoms with Crippen molar-refractivity contribution in [1.29, 1.82) is 0 Å². The molecule has 0 spiro atoms. The van der Waals surface area contributed by atoms with Crippen LogP contribution >= 0.6 is 0 Å². The van der Waals surface area contributed by atoms with E-state index in [2.05, 4.69) is 10.2 Å². The average molecular weight is 425 g/mol. The molecule has 2 fully saturated rings. The molecule has 1 saturated heterocycles. The van der Waals surface area contributed by atoms with Crippen LogP contribution in [0.25, 0.3) is 0 Å². The second-order valence-corrected chi connectivity index (χ2v) is 8.64. The molecule has 1 aliphatic heterocycles. The predicted molar refractivity (Wildman–Crippen MR) is 120 cm³/mol. The van der Waals surface area contributed by atoms with Crippen LogP contribution in [0.3, 0.4) is 0 Å². The minimum absolute atomic E-state index is 0.0422. The number of methoxy groups -OCH3 is 2. The van der Waals surface area contributed by atoms with E-state index in [1.807, 2.05) is 48.5 Å². The lowest BCUT2D eigenvalue weighted by molar-refractivity contribution is -0.135. The van der Waals surface area contributed by atoms with Crippen molar-refractivity contribution in [3.63, 3.8) is 0 Å². The fraction of sp³-hybridized carbons (Fsp3) is 0.480. The van der Waals surface area contributed by atoms with Crippen LogP contribution < -0.4 is 14.8 Å². The van der Waals surface area contributed by atoms with Crippen LogP contribution in [0.2, 0.25) is 0 Å². The molecule has 6 heteroatoms. The Bertz CT molecular complexity index is 904. The summed E-state index contributed by atoms with van der Waals surface area (Å²) in [5.41, 5.74) is 1.05. The first-order valence-corrected chi connectivity index (χ1v) is 11.1. The van der Waals surface area contributed by atoms with Crippen molar-refractivity contribution in [3.8, 4) is 11.5 Å². The van der Waals surface area contributed by atoms with Crippen molar-refractivity contribution in [2.45, 2.75) is 43.7 Å². The van der Waals surface area contributed by atoms with E-state index >= 15 is 0 Å². The number of piperidine rings is 1. The van der Waals surface area contributed by atoms with E-state index in [1.165, 1.54) is 0 Å². The molecule has 0 unspecified atom stereocenters. The van der Waals surface area contributed by atoms with Gasteiger partial charge < -0.3 is 19.9 Å². The number of nitrogens with one attached hydrogen (secondary N) is 1. The zero-order valence-corrected chi connectivity index (χ0v) is 18.3. The van der Waals surface area contributed by atoms with Gasteiger partial charge in [0, 0.05) is 29.8 Å². The lowest BCUT2D eigenvalue weighted by atomic mass is 9.66. The summed E-state index contributed by atoms with van der Waals surface area (Å²) in [5.74, 6) is 1.49. The van der Waals surface area contributed by atoms with Crippen LogP contribution in [0.4, 0.5) is 5.69 Å². The number of anilines is 1. The maximum Gasteiger partial charge on any atom is 0.238 e. The number of likely N-dealkylation sites (tertiary alicyclic amines) is 1. The van der Waals surface area contributed by atoms with Crippen molar-refractivity contribution in [1.82, 2.24) is 4.90 Å². The Morgan fingerprint density at radius 2 is 1.94 bits per heavy atom. The summed E-state index contributed by atoms with van der Waals surface area (Å²) in [6.07, 6.45) is 4.55. The summed E-state index contributed by atoms with van der Waals surface area (Å²) in [6, 6.07) is 15.2. The molecule has 31 heavy (non-hydrogen) atoms. The van der Waals surface area contributed by atoms with Gasteiger partial charge in [-0.2, -0.15) is 0 Å². The van der Waals surface area contributed by atoms with Crippen LogP contribution in [0.1, 0.15) is 43.7 Å². The normalized spacial score (nSPS) is 26.0. The minimum Gasteiger partial charge on any atom is -0.497 e. The topological polar surface area (TPSA) is 71.0 Å². The summed E-state index contributed by atoms with van der Waals surface area (Å²) >= 11 is 0. The van der Waals surface area contributed by atoms with E-state index in [4.69, 9.17) is 9.47 Å². The van der Waals surface area contributed by atoms with Gasteiger partial charge >= 0.3 is 0 Å². The molecule has 1 amide bonds. The SMILES string of the molecule is COc1ccc(OC)c([C@@H]2[C@H]3CCCC[C@@]3(O)CCN2CC(=O)Nc2ccccc2)c1. The third-order valence-electron chi connectivity index (χ3n) is 6.83. The van der Waals surface area contributed by atoms with Gasteiger partial charge in [-0.1, -0.05) is 31.0 Å². The van der Waals surface area contributed by atoms with E-state index in [-0.39, 0.29) is 24.4 Å². The fourth-order valence-corrected chi connectivity index (χ4v) is 5.31. The predicted octanol–water partition coefficient (Wildman–Crippen LogP) is 4.01. The zero-order chi connectivity index (χ0) is 21.8. The molecule has 0 radical (unpaired) electrons. The van der Waals surface area contributed by atoms with Crippen LogP contribution in [-0.4, -0.2) is 48.8 Å². The average Bonchev–Trinajstić information content (AvgIpc) is 2.79. The molecule has 2 N–H and O–H groups in total. The minimum atomic E-state index is -0.705. The maximum atomic E-state index is 12.9. The van der Waals surface area contributed by atoms with E-state index in [0.29, 0.717) is 13.0 Å². The number of carbonyl (C=O) groups is 1. The van der Waals surface area contributed by atoms with Gasteiger partial charge in [0.15, 0.2) is 0 Å². The molecule has 3 atom stereocenters.